The molecule has 3 aromatic carbocycles. The van der Waals surface area contributed by atoms with Gasteiger partial charge in [0.05, 0.1) is 10.6 Å². The van der Waals surface area contributed by atoms with Gasteiger partial charge >= 0.3 is 0 Å². The van der Waals surface area contributed by atoms with E-state index in [9.17, 15) is 13.6 Å². The molecule has 0 bridgehead atoms. The van der Waals surface area contributed by atoms with Crippen molar-refractivity contribution in [1.29, 1.82) is 0 Å². The first-order valence-electron chi connectivity index (χ1n) is 12.6. The molecule has 40 heavy (non-hydrogen) atoms. The molecule has 0 spiro atoms. The normalized spacial score (nSPS) is 14.1. The van der Waals surface area contributed by atoms with Gasteiger partial charge in [-0.1, -0.05) is 35.3 Å². The number of hydrogen-bond acceptors (Lipinski definition) is 5. The topological polar surface area (TPSA) is 75.9 Å². The predicted molar refractivity (Wildman–Crippen MR) is 151 cm³/mol. The fourth-order valence-corrected chi connectivity index (χ4v) is 5.29. The van der Waals surface area contributed by atoms with E-state index in [4.69, 9.17) is 28.2 Å². The number of nitrogens with one attached hydrogen (secondary N) is 1. The molecule has 0 radical (unpaired) electrons. The molecule has 0 unspecified atom stereocenters. The number of nitrogens with zero attached hydrogens (tertiary/aromatic N) is 5. The van der Waals surface area contributed by atoms with Crippen molar-refractivity contribution >= 4 is 46.1 Å². The third-order valence-electron chi connectivity index (χ3n) is 6.93. The minimum atomic E-state index is -0.885. The molecule has 1 aliphatic rings. The van der Waals surface area contributed by atoms with Gasteiger partial charge in [0, 0.05) is 41.5 Å². The SMILES string of the molecule is O=C(NC1CCN(c2ncnc3c2nc(-c2ccccc2Cl)n3-c2ccc(Cl)cc2)CC1)c1ccc(F)cc1F. The van der Waals surface area contributed by atoms with E-state index in [2.05, 4.69) is 20.2 Å². The molecule has 0 atom stereocenters. The molecule has 3 heterocycles. The lowest BCUT2D eigenvalue weighted by Gasteiger charge is -2.33. The molecule has 7 nitrogen and oxygen atoms in total. The Labute approximate surface area is 238 Å². The molecule has 1 fully saturated rings. The van der Waals surface area contributed by atoms with Crippen LogP contribution in [0.3, 0.4) is 0 Å². The van der Waals surface area contributed by atoms with Crippen molar-refractivity contribution in [3.05, 3.63) is 100 Å². The van der Waals surface area contributed by atoms with Crippen molar-refractivity contribution in [1.82, 2.24) is 24.8 Å². The van der Waals surface area contributed by atoms with Gasteiger partial charge in [-0.15, -0.1) is 0 Å². The maximum atomic E-state index is 14.1. The number of fused-ring (bicyclic) bond motifs is 1. The highest BCUT2D eigenvalue weighted by Crippen LogP contribution is 2.35. The summed E-state index contributed by atoms with van der Waals surface area (Å²) in [5.74, 6) is -0.890. The predicted octanol–water partition coefficient (Wildman–Crippen LogP) is 6.47. The third kappa shape index (κ3) is 4.98. The van der Waals surface area contributed by atoms with Crippen LogP contribution < -0.4 is 10.2 Å². The first-order chi connectivity index (χ1) is 19.4. The summed E-state index contributed by atoms with van der Waals surface area (Å²) in [6, 6.07) is 17.6. The summed E-state index contributed by atoms with van der Waals surface area (Å²) in [6.45, 7) is 1.16. The maximum Gasteiger partial charge on any atom is 0.254 e. The second-order valence-corrected chi connectivity index (χ2v) is 10.3. The van der Waals surface area contributed by atoms with Gasteiger partial charge in [-0.2, -0.15) is 0 Å². The van der Waals surface area contributed by atoms with Crippen molar-refractivity contribution in [2.75, 3.05) is 18.0 Å². The van der Waals surface area contributed by atoms with Crippen LogP contribution in [0.4, 0.5) is 14.6 Å². The van der Waals surface area contributed by atoms with E-state index in [1.807, 2.05) is 41.0 Å². The Bertz CT molecular complexity index is 1720. The monoisotopic (exact) mass is 578 g/mol. The van der Waals surface area contributed by atoms with Gasteiger partial charge in [0.1, 0.15) is 23.8 Å². The summed E-state index contributed by atoms with van der Waals surface area (Å²) >= 11 is 12.7. The number of piperidine rings is 1. The largest absolute Gasteiger partial charge is 0.355 e. The summed E-state index contributed by atoms with van der Waals surface area (Å²) in [5, 5.41) is 4.03. The number of imidazole rings is 1. The lowest BCUT2D eigenvalue weighted by Crippen LogP contribution is -2.45. The quantitative estimate of drug-likeness (QED) is 0.259. The molecule has 11 heteroatoms. The number of aromatic nitrogens is 4. The van der Waals surface area contributed by atoms with Crippen molar-refractivity contribution in [2.24, 2.45) is 0 Å². The second-order valence-electron chi connectivity index (χ2n) is 9.46. The molecular formula is C29H22Cl2F2N6O. The summed E-state index contributed by atoms with van der Waals surface area (Å²) in [6.07, 6.45) is 2.72. The Hall–Kier alpha value is -4.08. The number of anilines is 1. The average molecular weight is 579 g/mol. The minimum Gasteiger partial charge on any atom is -0.355 e. The fourth-order valence-electron chi connectivity index (χ4n) is 4.94. The van der Waals surface area contributed by atoms with Gasteiger partial charge in [0.2, 0.25) is 0 Å². The van der Waals surface area contributed by atoms with Crippen LogP contribution in [0.1, 0.15) is 23.2 Å². The molecule has 1 amide bonds. The molecule has 0 saturated carbocycles. The number of carbonyl (C=O) groups excluding carboxylic acids is 1. The van der Waals surface area contributed by atoms with Crippen molar-refractivity contribution < 1.29 is 13.6 Å². The summed E-state index contributed by atoms with van der Waals surface area (Å²) in [7, 11) is 0. The van der Waals surface area contributed by atoms with Crippen LogP contribution >= 0.6 is 23.2 Å². The van der Waals surface area contributed by atoms with Gasteiger partial charge in [-0.05, 0) is 61.4 Å². The van der Waals surface area contributed by atoms with Crippen molar-refractivity contribution in [3.63, 3.8) is 0 Å². The maximum absolute atomic E-state index is 14.1. The molecule has 2 aromatic heterocycles. The Morgan fingerprint density at radius 3 is 2.42 bits per heavy atom. The van der Waals surface area contributed by atoms with Gasteiger partial charge < -0.3 is 10.2 Å². The molecular weight excluding hydrogens is 557 g/mol. The highest BCUT2D eigenvalue weighted by molar-refractivity contribution is 6.33. The van der Waals surface area contributed by atoms with Crippen molar-refractivity contribution in [3.8, 4) is 17.1 Å². The van der Waals surface area contributed by atoms with E-state index in [1.165, 1.54) is 6.33 Å². The Balaban J connectivity index is 1.30. The molecule has 1 saturated heterocycles. The van der Waals surface area contributed by atoms with E-state index < -0.39 is 17.5 Å². The Morgan fingerprint density at radius 1 is 0.950 bits per heavy atom. The van der Waals surface area contributed by atoms with Crippen molar-refractivity contribution in [2.45, 2.75) is 18.9 Å². The third-order valence-corrected chi connectivity index (χ3v) is 7.51. The van der Waals surface area contributed by atoms with E-state index in [1.54, 1.807) is 12.1 Å². The molecule has 1 N–H and O–H groups in total. The molecule has 1 aliphatic heterocycles. The van der Waals surface area contributed by atoms with Gasteiger partial charge in [0.15, 0.2) is 17.0 Å². The first-order valence-corrected chi connectivity index (χ1v) is 13.4. The van der Waals surface area contributed by atoms with Crippen LogP contribution in [0.25, 0.3) is 28.2 Å². The van der Waals surface area contributed by atoms with Gasteiger partial charge in [-0.25, -0.2) is 23.7 Å². The van der Waals surface area contributed by atoms with Crippen LogP contribution in [0.2, 0.25) is 10.0 Å². The lowest BCUT2D eigenvalue weighted by molar-refractivity contribution is 0.0927. The minimum absolute atomic E-state index is 0.171. The van der Waals surface area contributed by atoms with E-state index in [0.717, 1.165) is 23.4 Å². The van der Waals surface area contributed by atoms with E-state index >= 15 is 0 Å². The number of carbonyl (C=O) groups is 1. The van der Waals surface area contributed by atoms with Gasteiger partial charge in [0.25, 0.3) is 5.91 Å². The Morgan fingerprint density at radius 2 is 1.70 bits per heavy atom. The second kappa shape index (κ2) is 10.8. The van der Waals surface area contributed by atoms with Gasteiger partial charge in [-0.3, -0.25) is 9.36 Å². The first kappa shape index (κ1) is 26.2. The van der Waals surface area contributed by atoms with E-state index in [-0.39, 0.29) is 11.6 Å². The van der Waals surface area contributed by atoms with Crippen LogP contribution in [0.15, 0.2) is 73.1 Å². The summed E-state index contributed by atoms with van der Waals surface area (Å²) in [4.78, 5) is 28.8. The zero-order chi connectivity index (χ0) is 27.8. The number of hydrogen-bond donors (Lipinski definition) is 1. The molecule has 6 rings (SSSR count). The number of halogens is 4. The van der Waals surface area contributed by atoms with E-state index in [0.29, 0.717) is 64.8 Å². The zero-order valence-corrected chi connectivity index (χ0v) is 22.5. The number of rotatable bonds is 5. The Kier molecular flexibility index (Phi) is 7.08. The fraction of sp³-hybridized carbons (Fsp3) is 0.172. The van der Waals surface area contributed by atoms with Crippen LogP contribution in [0, 0.1) is 11.6 Å². The highest BCUT2D eigenvalue weighted by Gasteiger charge is 2.27. The number of amides is 1. The molecule has 202 valence electrons. The molecule has 5 aromatic rings. The standard InChI is InChI=1S/C29H22Cl2F2N6O/c30-17-5-8-20(9-6-17)39-26(21-3-1-2-4-23(21)31)37-25-27(34-16-35-28(25)39)38-13-11-19(12-14-38)36-29(40)22-10-7-18(32)15-24(22)33/h1-10,15-16,19H,11-14H2,(H,36,40). The van der Waals surface area contributed by atoms with Crippen LogP contribution in [0.5, 0.6) is 0 Å². The van der Waals surface area contributed by atoms with Crippen LogP contribution in [-0.2, 0) is 0 Å². The molecule has 0 aliphatic carbocycles. The average Bonchev–Trinajstić information content (AvgIpc) is 3.33. The summed E-state index contributed by atoms with van der Waals surface area (Å²) < 4.78 is 29.2. The highest BCUT2D eigenvalue weighted by atomic mass is 35.5. The zero-order valence-electron chi connectivity index (χ0n) is 21.0. The summed E-state index contributed by atoms with van der Waals surface area (Å²) in [5.41, 5.74) is 2.62. The number of benzene rings is 3. The lowest BCUT2D eigenvalue weighted by atomic mass is 10.0. The van der Waals surface area contributed by atoms with Crippen LogP contribution in [-0.4, -0.2) is 44.6 Å². The smallest absolute Gasteiger partial charge is 0.254 e.